The van der Waals surface area contributed by atoms with Crippen LogP contribution in [0.25, 0.3) is 0 Å². The van der Waals surface area contributed by atoms with Crippen molar-refractivity contribution in [2.75, 3.05) is 24.7 Å². The van der Waals surface area contributed by atoms with Gasteiger partial charge in [-0.1, -0.05) is 18.2 Å². The maximum absolute atomic E-state index is 12.3. The number of fused-ring (bicyclic) bond motifs is 2. The molecule has 1 atom stereocenters. The Morgan fingerprint density at radius 3 is 2.79 bits per heavy atom. The molecule has 0 bridgehead atoms. The summed E-state index contributed by atoms with van der Waals surface area (Å²) in [5, 5.41) is 11.2. The molecule has 9 heteroatoms. The molecule has 0 aromatic heterocycles. The van der Waals surface area contributed by atoms with Crippen LogP contribution in [0.3, 0.4) is 0 Å². The van der Waals surface area contributed by atoms with Gasteiger partial charge in [-0.15, -0.1) is 0 Å². The van der Waals surface area contributed by atoms with Gasteiger partial charge in [-0.3, -0.25) is 19.7 Å². The number of aryl methyl sites for hydroxylation is 1. The summed E-state index contributed by atoms with van der Waals surface area (Å²) in [7, 11) is 0. The van der Waals surface area contributed by atoms with Crippen LogP contribution < -0.4 is 9.64 Å². The highest BCUT2D eigenvalue weighted by molar-refractivity contribution is 5.72. The van der Waals surface area contributed by atoms with E-state index >= 15 is 0 Å². The van der Waals surface area contributed by atoms with Gasteiger partial charge in [-0.25, -0.2) is 0 Å². The summed E-state index contributed by atoms with van der Waals surface area (Å²) in [5.41, 5.74) is 1.77. The molecular weight excluding hydrogens is 428 g/mol. The Labute approximate surface area is 191 Å². The lowest BCUT2D eigenvalue weighted by Crippen LogP contribution is -2.62. The van der Waals surface area contributed by atoms with Crippen LogP contribution in [0.4, 0.5) is 11.4 Å². The van der Waals surface area contributed by atoms with Gasteiger partial charge in [0.1, 0.15) is 19.0 Å². The number of hydrogen-bond donors (Lipinski definition) is 0. The molecule has 2 aromatic carbocycles. The van der Waals surface area contributed by atoms with Crippen LogP contribution in [0.5, 0.6) is 5.75 Å². The third-order valence-corrected chi connectivity index (χ3v) is 6.62. The standard InChI is InChI=1S/C24H26N2O7/c1-23(2)19-5-3-4-6-20(19)25(12-10-22(28)32-14-13-31-16-27)24(23)11-9-17-15-18(26(29)30)7-8-21(17)33-24/h3-8,15-16H,9-14H2,1-2H3. The second-order valence-electron chi connectivity index (χ2n) is 8.67. The van der Waals surface area contributed by atoms with Crippen LogP contribution in [0, 0.1) is 10.1 Å². The van der Waals surface area contributed by atoms with Crippen LogP contribution in [-0.4, -0.2) is 42.8 Å². The van der Waals surface area contributed by atoms with Crippen LogP contribution in [0.1, 0.15) is 37.8 Å². The van der Waals surface area contributed by atoms with Crippen LogP contribution in [-0.2, 0) is 30.9 Å². The Hall–Kier alpha value is -3.62. The van der Waals surface area contributed by atoms with Crippen molar-refractivity contribution in [1.82, 2.24) is 0 Å². The minimum atomic E-state index is -0.763. The number of para-hydroxylation sites is 1. The zero-order chi connectivity index (χ0) is 23.6. The van der Waals surface area contributed by atoms with E-state index in [0.717, 1.165) is 16.8 Å². The monoisotopic (exact) mass is 454 g/mol. The molecule has 4 rings (SSSR count). The van der Waals surface area contributed by atoms with Crippen molar-refractivity contribution in [2.45, 2.75) is 44.2 Å². The van der Waals surface area contributed by atoms with Crippen molar-refractivity contribution in [1.29, 1.82) is 0 Å². The third kappa shape index (κ3) is 3.88. The number of esters is 1. The largest absolute Gasteiger partial charge is 0.467 e. The molecule has 0 saturated carbocycles. The molecule has 1 unspecified atom stereocenters. The molecule has 1 spiro atoms. The van der Waals surface area contributed by atoms with Crippen molar-refractivity contribution in [3.05, 3.63) is 63.7 Å². The molecular formula is C24H26N2O7. The number of nitro groups is 1. The number of rotatable bonds is 8. The SMILES string of the molecule is CC1(C)c2ccccc2N(CCC(=O)OCCOC=O)C12CCc1cc([N+](=O)[O-])ccc1O2. The first kappa shape index (κ1) is 22.6. The van der Waals surface area contributed by atoms with Gasteiger partial charge in [0.15, 0.2) is 5.72 Å². The van der Waals surface area contributed by atoms with E-state index in [1.165, 1.54) is 6.07 Å². The molecule has 2 aliphatic rings. The van der Waals surface area contributed by atoms with Gasteiger partial charge in [0.25, 0.3) is 12.2 Å². The Morgan fingerprint density at radius 1 is 1.24 bits per heavy atom. The second kappa shape index (κ2) is 8.73. The first-order valence-electron chi connectivity index (χ1n) is 10.8. The number of hydrogen-bond acceptors (Lipinski definition) is 8. The molecule has 2 heterocycles. The van der Waals surface area contributed by atoms with Gasteiger partial charge in [0.05, 0.1) is 16.8 Å². The molecule has 174 valence electrons. The van der Waals surface area contributed by atoms with Crippen molar-refractivity contribution < 1.29 is 28.7 Å². The van der Waals surface area contributed by atoms with E-state index in [4.69, 9.17) is 9.47 Å². The fourth-order valence-electron chi connectivity index (χ4n) is 4.95. The first-order chi connectivity index (χ1) is 15.8. The van der Waals surface area contributed by atoms with Crippen molar-refractivity contribution in [3.8, 4) is 5.75 Å². The van der Waals surface area contributed by atoms with Crippen molar-refractivity contribution in [2.24, 2.45) is 0 Å². The molecule has 0 saturated heterocycles. The highest BCUT2D eigenvalue weighted by Gasteiger charge is 2.60. The van der Waals surface area contributed by atoms with Crippen LogP contribution in [0.2, 0.25) is 0 Å². The van der Waals surface area contributed by atoms with E-state index in [-0.39, 0.29) is 25.3 Å². The lowest BCUT2D eigenvalue weighted by molar-refractivity contribution is -0.385. The van der Waals surface area contributed by atoms with E-state index in [1.54, 1.807) is 12.1 Å². The Bertz CT molecular complexity index is 1080. The summed E-state index contributed by atoms with van der Waals surface area (Å²) in [6, 6.07) is 12.7. The Kier molecular flexibility index (Phi) is 5.97. The predicted octanol–water partition coefficient (Wildman–Crippen LogP) is 3.52. The number of ether oxygens (including phenoxy) is 3. The topological polar surface area (TPSA) is 108 Å². The lowest BCUT2D eigenvalue weighted by atomic mass is 9.74. The Balaban J connectivity index is 1.62. The maximum atomic E-state index is 12.3. The van der Waals surface area contributed by atoms with Gasteiger partial charge in [0, 0.05) is 36.3 Å². The minimum Gasteiger partial charge on any atom is -0.467 e. The highest BCUT2D eigenvalue weighted by atomic mass is 16.6. The molecule has 0 N–H and O–H groups in total. The summed E-state index contributed by atoms with van der Waals surface area (Å²) in [6.45, 7) is 4.96. The molecule has 33 heavy (non-hydrogen) atoms. The van der Waals surface area contributed by atoms with Gasteiger partial charge >= 0.3 is 5.97 Å². The van der Waals surface area contributed by atoms with E-state index in [9.17, 15) is 19.7 Å². The number of carbonyl (C=O) groups excluding carboxylic acids is 2. The normalized spacial score (nSPS) is 19.9. The number of non-ortho nitro benzene ring substituents is 1. The minimum absolute atomic E-state index is 0.00739. The molecule has 0 fully saturated rings. The molecule has 9 nitrogen and oxygen atoms in total. The molecule has 0 radical (unpaired) electrons. The zero-order valence-electron chi connectivity index (χ0n) is 18.6. The van der Waals surface area contributed by atoms with Crippen molar-refractivity contribution >= 4 is 23.8 Å². The fraction of sp³-hybridized carbons (Fsp3) is 0.417. The molecule has 0 amide bonds. The molecule has 2 aromatic rings. The number of benzene rings is 2. The summed E-state index contributed by atoms with van der Waals surface area (Å²) in [4.78, 5) is 35.4. The summed E-state index contributed by atoms with van der Waals surface area (Å²) in [5.74, 6) is 0.222. The van der Waals surface area contributed by atoms with Crippen LogP contribution >= 0.6 is 0 Å². The first-order valence-corrected chi connectivity index (χ1v) is 10.8. The number of nitrogens with zero attached hydrogens (tertiary/aromatic N) is 2. The van der Waals surface area contributed by atoms with Crippen molar-refractivity contribution in [3.63, 3.8) is 0 Å². The van der Waals surface area contributed by atoms with E-state index in [0.29, 0.717) is 31.6 Å². The van der Waals surface area contributed by atoms with E-state index < -0.39 is 22.0 Å². The van der Waals surface area contributed by atoms with Gasteiger partial charge < -0.3 is 19.1 Å². The quantitative estimate of drug-likeness (QED) is 0.196. The summed E-state index contributed by atoms with van der Waals surface area (Å²) in [6.07, 6.45) is 1.34. The van der Waals surface area contributed by atoms with E-state index in [2.05, 4.69) is 29.6 Å². The van der Waals surface area contributed by atoms with Gasteiger partial charge in [-0.2, -0.15) is 0 Å². The zero-order valence-corrected chi connectivity index (χ0v) is 18.6. The highest BCUT2D eigenvalue weighted by Crippen LogP contribution is 2.56. The molecule has 0 aliphatic carbocycles. The third-order valence-electron chi connectivity index (χ3n) is 6.62. The number of nitro benzene ring substituents is 1. The maximum Gasteiger partial charge on any atom is 0.307 e. The Morgan fingerprint density at radius 2 is 2.03 bits per heavy atom. The molecule has 2 aliphatic heterocycles. The second-order valence-corrected chi connectivity index (χ2v) is 8.67. The van der Waals surface area contributed by atoms with Crippen LogP contribution in [0.15, 0.2) is 42.5 Å². The van der Waals surface area contributed by atoms with Gasteiger partial charge in [-0.05, 0) is 38.0 Å². The van der Waals surface area contributed by atoms with E-state index in [1.807, 2.05) is 18.2 Å². The smallest absolute Gasteiger partial charge is 0.307 e. The lowest BCUT2D eigenvalue weighted by Gasteiger charge is -2.50. The average Bonchev–Trinajstić information content (AvgIpc) is 2.98. The number of anilines is 1. The summed E-state index contributed by atoms with van der Waals surface area (Å²) < 4.78 is 16.4. The summed E-state index contributed by atoms with van der Waals surface area (Å²) >= 11 is 0. The fourth-order valence-corrected chi connectivity index (χ4v) is 4.95. The average molecular weight is 454 g/mol. The predicted molar refractivity (Wildman–Crippen MR) is 119 cm³/mol. The van der Waals surface area contributed by atoms with Gasteiger partial charge in [0.2, 0.25) is 0 Å². The number of carbonyl (C=O) groups is 2.